The number of likely N-dealkylation sites (N-methyl/N-ethyl adjacent to an activating group) is 1. The molecule has 21 heavy (non-hydrogen) atoms. The topological polar surface area (TPSA) is 66.5 Å². The highest BCUT2D eigenvalue weighted by Crippen LogP contribution is 2.14. The van der Waals surface area contributed by atoms with Gasteiger partial charge in [-0.1, -0.05) is 39.2 Å². The van der Waals surface area contributed by atoms with Crippen LogP contribution in [0.25, 0.3) is 0 Å². The van der Waals surface area contributed by atoms with Crippen LogP contribution < -0.4 is 5.32 Å². The third-order valence-corrected chi connectivity index (χ3v) is 3.13. The van der Waals surface area contributed by atoms with E-state index in [9.17, 15) is 14.4 Å². The normalized spacial score (nSPS) is 19.0. The van der Waals surface area contributed by atoms with Crippen LogP contribution in [0.1, 0.15) is 26.7 Å². The third kappa shape index (κ3) is 5.47. The minimum atomic E-state index is -0.370. The first-order valence-corrected chi connectivity index (χ1v) is 7.00. The maximum atomic E-state index is 11.7. The molecule has 0 radical (unpaired) electrons. The molecule has 0 bridgehead atoms. The zero-order valence-corrected chi connectivity index (χ0v) is 13.0. The van der Waals surface area contributed by atoms with Crippen LogP contribution in [0.15, 0.2) is 36.5 Å². The minimum Gasteiger partial charge on any atom is -0.298 e. The third-order valence-electron chi connectivity index (χ3n) is 3.13. The lowest BCUT2D eigenvalue weighted by Gasteiger charge is -2.30. The summed E-state index contributed by atoms with van der Waals surface area (Å²) in [5.74, 6) is -0.540. The van der Waals surface area contributed by atoms with Gasteiger partial charge in [0, 0.05) is 18.5 Å². The van der Waals surface area contributed by atoms with Crippen LogP contribution in [0.2, 0.25) is 0 Å². The molecule has 0 saturated carbocycles. The van der Waals surface area contributed by atoms with E-state index in [4.69, 9.17) is 0 Å². The molecule has 5 heteroatoms. The first-order valence-electron chi connectivity index (χ1n) is 7.00. The highest BCUT2D eigenvalue weighted by atomic mass is 16.2. The number of carbonyl (C=O) groups excluding carboxylic acids is 3. The molecule has 1 atom stereocenters. The van der Waals surface area contributed by atoms with Gasteiger partial charge in [0.15, 0.2) is 0 Å². The van der Waals surface area contributed by atoms with Crippen molar-refractivity contribution in [1.29, 1.82) is 0 Å². The number of nitrogens with one attached hydrogen (secondary N) is 1. The summed E-state index contributed by atoms with van der Waals surface area (Å²) in [5, 5.41) is 2.31. The molecule has 1 unspecified atom stereocenters. The fraction of sp³-hybridized carbons (Fsp3) is 0.438. The van der Waals surface area contributed by atoms with E-state index in [1.54, 1.807) is 18.0 Å². The number of allylic oxidation sites excluding steroid dienone is 2. The van der Waals surface area contributed by atoms with E-state index in [2.05, 4.69) is 18.5 Å². The van der Waals surface area contributed by atoms with Gasteiger partial charge in [0.25, 0.3) is 0 Å². The van der Waals surface area contributed by atoms with Crippen molar-refractivity contribution >= 4 is 18.1 Å². The molecule has 0 aliphatic carbocycles. The zero-order chi connectivity index (χ0) is 16.4. The predicted octanol–water partition coefficient (Wildman–Crippen LogP) is 1.62. The quantitative estimate of drug-likeness (QED) is 0.350. The zero-order valence-electron chi connectivity index (χ0n) is 13.0. The van der Waals surface area contributed by atoms with Crippen LogP contribution in [-0.2, 0) is 14.4 Å². The summed E-state index contributed by atoms with van der Waals surface area (Å²) in [6.07, 6.45) is 4.56. The molecule has 0 aromatic rings. The van der Waals surface area contributed by atoms with Crippen LogP contribution in [0.3, 0.4) is 0 Å². The van der Waals surface area contributed by atoms with Crippen LogP contribution in [-0.4, -0.2) is 42.6 Å². The van der Waals surface area contributed by atoms with Crippen molar-refractivity contribution in [3.63, 3.8) is 0 Å². The Morgan fingerprint density at radius 3 is 2.38 bits per heavy atom. The lowest BCUT2D eigenvalue weighted by Crippen LogP contribution is -2.51. The number of hydrogen-bond acceptors (Lipinski definition) is 4. The maximum Gasteiger partial charge on any atom is 0.243 e. The van der Waals surface area contributed by atoms with Crippen molar-refractivity contribution < 1.29 is 14.4 Å². The smallest absolute Gasteiger partial charge is 0.243 e. The molecule has 1 aliphatic heterocycles. The molecule has 1 fully saturated rings. The van der Waals surface area contributed by atoms with Crippen molar-refractivity contribution in [1.82, 2.24) is 10.2 Å². The predicted molar refractivity (Wildman–Crippen MR) is 83.6 cm³/mol. The largest absolute Gasteiger partial charge is 0.298 e. The fourth-order valence-corrected chi connectivity index (χ4v) is 2.01. The van der Waals surface area contributed by atoms with Crippen molar-refractivity contribution in [2.75, 3.05) is 13.6 Å². The summed E-state index contributed by atoms with van der Waals surface area (Å²) < 4.78 is 0. The van der Waals surface area contributed by atoms with Gasteiger partial charge in [0.1, 0.15) is 6.29 Å². The number of aldehydes is 1. The summed E-state index contributed by atoms with van der Waals surface area (Å²) in [4.78, 5) is 35.5. The monoisotopic (exact) mass is 292 g/mol. The lowest BCUT2D eigenvalue weighted by atomic mass is 10.0. The molecule has 1 N–H and O–H groups in total. The molecule has 0 spiro atoms. The van der Waals surface area contributed by atoms with E-state index in [1.807, 2.05) is 13.8 Å². The number of imide groups is 1. The van der Waals surface area contributed by atoms with Gasteiger partial charge >= 0.3 is 0 Å². The SMILES string of the molecule is C=C/C(C=O)=C(\C=C)CN(C)C1CCC(=O)NC1=O.CC. The van der Waals surface area contributed by atoms with E-state index < -0.39 is 0 Å². The Morgan fingerprint density at radius 1 is 1.33 bits per heavy atom. The standard InChI is InChI=1S/C14H18N2O3.C2H6/c1-4-10(11(5-2)9-17)8-16(3)12-6-7-13(18)15-14(12)19;1-2/h4-5,9,12H,1-2,6-8H2,3H3,(H,15,18,19);1-2H3/b11-10-;. The van der Waals surface area contributed by atoms with Gasteiger partial charge in [-0.25, -0.2) is 0 Å². The van der Waals surface area contributed by atoms with Crippen molar-refractivity contribution in [3.05, 3.63) is 36.5 Å². The van der Waals surface area contributed by atoms with E-state index in [-0.39, 0.29) is 17.9 Å². The average Bonchev–Trinajstić information content (AvgIpc) is 2.49. The highest BCUT2D eigenvalue weighted by Gasteiger charge is 2.29. The Labute approximate surface area is 126 Å². The van der Waals surface area contributed by atoms with E-state index in [1.165, 1.54) is 6.08 Å². The Morgan fingerprint density at radius 2 is 1.95 bits per heavy atom. The molecule has 1 aliphatic rings. The summed E-state index contributed by atoms with van der Waals surface area (Å²) >= 11 is 0. The summed E-state index contributed by atoms with van der Waals surface area (Å²) in [6.45, 7) is 11.6. The molecule has 5 nitrogen and oxygen atoms in total. The van der Waals surface area contributed by atoms with Crippen molar-refractivity contribution in [3.8, 4) is 0 Å². The Bertz CT molecular complexity index is 442. The molecular weight excluding hydrogens is 268 g/mol. The molecule has 0 aromatic carbocycles. The summed E-state index contributed by atoms with van der Waals surface area (Å²) in [5.41, 5.74) is 1.16. The second-order valence-electron chi connectivity index (χ2n) is 4.39. The number of carbonyl (C=O) groups is 3. The molecule has 1 heterocycles. The lowest BCUT2D eigenvalue weighted by molar-refractivity contribution is -0.137. The van der Waals surface area contributed by atoms with Gasteiger partial charge in [-0.05, 0) is 19.0 Å². The van der Waals surface area contributed by atoms with E-state index in [0.717, 1.165) is 0 Å². The summed E-state index contributed by atoms with van der Waals surface area (Å²) in [6, 6.07) is -0.370. The molecule has 116 valence electrons. The Hall–Kier alpha value is -2.01. The first kappa shape index (κ1) is 19.0. The van der Waals surface area contributed by atoms with Crippen LogP contribution >= 0.6 is 0 Å². The molecular formula is C16H24N2O3. The second kappa shape index (κ2) is 9.83. The first-order chi connectivity index (χ1) is 10.0. The van der Waals surface area contributed by atoms with Gasteiger partial charge in [0.05, 0.1) is 6.04 Å². The minimum absolute atomic E-state index is 0.242. The molecule has 2 amide bonds. The number of amides is 2. The van der Waals surface area contributed by atoms with E-state index in [0.29, 0.717) is 36.8 Å². The van der Waals surface area contributed by atoms with Crippen LogP contribution in [0, 0.1) is 0 Å². The van der Waals surface area contributed by atoms with E-state index >= 15 is 0 Å². The number of rotatable bonds is 6. The average molecular weight is 292 g/mol. The van der Waals surface area contributed by atoms with Crippen molar-refractivity contribution in [2.24, 2.45) is 0 Å². The van der Waals surface area contributed by atoms with Gasteiger partial charge in [-0.2, -0.15) is 0 Å². The summed E-state index contributed by atoms with van der Waals surface area (Å²) in [7, 11) is 1.77. The highest BCUT2D eigenvalue weighted by molar-refractivity contribution is 6.00. The molecule has 0 aromatic heterocycles. The van der Waals surface area contributed by atoms with Crippen molar-refractivity contribution in [2.45, 2.75) is 32.7 Å². The maximum absolute atomic E-state index is 11.7. The molecule has 1 saturated heterocycles. The van der Waals surface area contributed by atoms with Gasteiger partial charge in [0.2, 0.25) is 11.8 Å². The van der Waals surface area contributed by atoms with Crippen LogP contribution in [0.4, 0.5) is 0 Å². The Kier molecular flexibility index (Phi) is 8.88. The Balaban J connectivity index is 0.00000191. The number of hydrogen-bond donors (Lipinski definition) is 1. The van der Waals surface area contributed by atoms with Crippen LogP contribution in [0.5, 0.6) is 0 Å². The fourth-order valence-electron chi connectivity index (χ4n) is 2.01. The second-order valence-corrected chi connectivity index (χ2v) is 4.39. The van der Waals surface area contributed by atoms with Gasteiger partial charge < -0.3 is 0 Å². The number of piperidine rings is 1. The van der Waals surface area contributed by atoms with Gasteiger partial charge in [-0.3, -0.25) is 24.6 Å². The molecule has 1 rings (SSSR count). The number of nitrogens with zero attached hydrogens (tertiary/aromatic N) is 1. The van der Waals surface area contributed by atoms with Gasteiger partial charge in [-0.15, -0.1) is 0 Å².